The van der Waals surface area contributed by atoms with Crippen LogP contribution in [-0.2, 0) is 0 Å². The fraction of sp³-hybridized carbons (Fsp3) is 0. The molecule has 0 spiro atoms. The lowest BCUT2D eigenvalue weighted by atomic mass is 10.3. The second-order valence-electron chi connectivity index (χ2n) is 3.16. The number of hydrogen-bond donors (Lipinski definition) is 1. The minimum Gasteiger partial charge on any atom is -0.463 e. The van der Waals surface area contributed by atoms with Gasteiger partial charge in [-0.3, -0.25) is 0 Å². The van der Waals surface area contributed by atoms with Crippen LogP contribution in [0, 0.1) is 0 Å². The van der Waals surface area contributed by atoms with Gasteiger partial charge in [-0.2, -0.15) is 9.78 Å². The first kappa shape index (κ1) is 9.17. The molecule has 0 aliphatic rings. The standard InChI is InChI=1S/C10H8N4OS/c11-9-6-7(8-2-1-4-15-8)13-14(9)10-12-3-5-16-10/h1-6H,11H2. The lowest BCUT2D eigenvalue weighted by Gasteiger charge is -1.96. The molecular weight excluding hydrogens is 224 g/mol. The van der Waals surface area contributed by atoms with Crippen LogP contribution in [0.1, 0.15) is 0 Å². The average molecular weight is 232 g/mol. The van der Waals surface area contributed by atoms with Crippen LogP contribution in [0.3, 0.4) is 0 Å². The van der Waals surface area contributed by atoms with Crippen LogP contribution in [0.15, 0.2) is 40.5 Å². The highest BCUT2D eigenvalue weighted by Crippen LogP contribution is 2.23. The van der Waals surface area contributed by atoms with Gasteiger partial charge in [-0.15, -0.1) is 11.3 Å². The highest BCUT2D eigenvalue weighted by molar-refractivity contribution is 7.12. The molecule has 2 N–H and O–H groups in total. The summed E-state index contributed by atoms with van der Waals surface area (Å²) in [6.45, 7) is 0. The number of aromatic nitrogens is 3. The van der Waals surface area contributed by atoms with Gasteiger partial charge in [0.1, 0.15) is 11.5 Å². The number of rotatable bonds is 2. The van der Waals surface area contributed by atoms with Crippen molar-refractivity contribution in [2.45, 2.75) is 0 Å². The van der Waals surface area contributed by atoms with Crippen LogP contribution in [0.25, 0.3) is 16.6 Å². The monoisotopic (exact) mass is 232 g/mol. The lowest BCUT2D eigenvalue weighted by Crippen LogP contribution is -2.00. The van der Waals surface area contributed by atoms with E-state index in [1.165, 1.54) is 11.3 Å². The minimum absolute atomic E-state index is 0.543. The summed E-state index contributed by atoms with van der Waals surface area (Å²) in [4.78, 5) is 4.15. The van der Waals surface area contributed by atoms with Crippen molar-refractivity contribution in [3.05, 3.63) is 36.0 Å². The highest BCUT2D eigenvalue weighted by Gasteiger charge is 2.11. The SMILES string of the molecule is Nc1cc(-c2ccco2)nn1-c1nccs1. The lowest BCUT2D eigenvalue weighted by molar-refractivity contribution is 0.579. The molecule has 0 aliphatic heterocycles. The van der Waals surface area contributed by atoms with Gasteiger partial charge in [0, 0.05) is 17.6 Å². The Balaban J connectivity index is 2.09. The van der Waals surface area contributed by atoms with E-state index in [1.54, 1.807) is 23.2 Å². The smallest absolute Gasteiger partial charge is 0.212 e. The first-order valence-corrected chi connectivity index (χ1v) is 5.52. The topological polar surface area (TPSA) is 69.9 Å². The van der Waals surface area contributed by atoms with E-state index in [0.717, 1.165) is 5.13 Å². The largest absolute Gasteiger partial charge is 0.463 e. The normalized spacial score (nSPS) is 10.8. The van der Waals surface area contributed by atoms with E-state index in [0.29, 0.717) is 17.3 Å². The Morgan fingerprint density at radius 2 is 2.38 bits per heavy atom. The maximum atomic E-state index is 5.86. The Morgan fingerprint density at radius 3 is 3.06 bits per heavy atom. The molecule has 5 nitrogen and oxygen atoms in total. The van der Waals surface area contributed by atoms with Crippen molar-refractivity contribution in [2.24, 2.45) is 0 Å². The van der Waals surface area contributed by atoms with Crippen molar-refractivity contribution in [1.82, 2.24) is 14.8 Å². The molecule has 0 saturated heterocycles. The van der Waals surface area contributed by atoms with Gasteiger partial charge in [-0.25, -0.2) is 4.98 Å². The van der Waals surface area contributed by atoms with Gasteiger partial charge in [0.05, 0.1) is 6.26 Å². The predicted octanol–water partition coefficient (Wildman–Crippen LogP) is 2.17. The van der Waals surface area contributed by atoms with Gasteiger partial charge in [0.15, 0.2) is 5.76 Å². The molecule has 0 unspecified atom stereocenters. The van der Waals surface area contributed by atoms with Gasteiger partial charge >= 0.3 is 0 Å². The Hall–Kier alpha value is -2.08. The molecule has 0 bridgehead atoms. The highest BCUT2D eigenvalue weighted by atomic mass is 32.1. The molecule has 0 radical (unpaired) electrons. The summed E-state index contributed by atoms with van der Waals surface area (Å²) in [5.41, 5.74) is 6.57. The summed E-state index contributed by atoms with van der Waals surface area (Å²) >= 11 is 1.48. The van der Waals surface area contributed by atoms with Crippen molar-refractivity contribution in [3.63, 3.8) is 0 Å². The van der Waals surface area contributed by atoms with Crippen LogP contribution in [0.2, 0.25) is 0 Å². The van der Waals surface area contributed by atoms with E-state index < -0.39 is 0 Å². The maximum Gasteiger partial charge on any atom is 0.212 e. The van der Waals surface area contributed by atoms with Crippen molar-refractivity contribution in [3.8, 4) is 16.6 Å². The van der Waals surface area contributed by atoms with Crippen LogP contribution < -0.4 is 5.73 Å². The Kier molecular flexibility index (Phi) is 2.00. The number of hydrogen-bond acceptors (Lipinski definition) is 5. The summed E-state index contributed by atoms with van der Waals surface area (Å²) in [5, 5.41) is 6.96. The van der Waals surface area contributed by atoms with Gasteiger partial charge in [0.25, 0.3) is 0 Å². The first-order valence-electron chi connectivity index (χ1n) is 4.64. The van der Waals surface area contributed by atoms with Gasteiger partial charge in [-0.1, -0.05) is 0 Å². The quantitative estimate of drug-likeness (QED) is 0.735. The van der Waals surface area contributed by atoms with Gasteiger partial charge in [0.2, 0.25) is 5.13 Å². The summed E-state index contributed by atoms with van der Waals surface area (Å²) in [5.74, 6) is 1.24. The molecule has 0 fully saturated rings. The van der Waals surface area contributed by atoms with Crippen LogP contribution in [0.5, 0.6) is 0 Å². The first-order chi connectivity index (χ1) is 7.84. The molecule has 0 saturated carbocycles. The third-order valence-electron chi connectivity index (χ3n) is 2.11. The Bertz CT molecular complexity index is 582. The number of furan rings is 1. The molecule has 80 valence electrons. The Labute approximate surface area is 95.1 Å². The predicted molar refractivity (Wildman–Crippen MR) is 61.4 cm³/mol. The molecule has 6 heteroatoms. The summed E-state index contributed by atoms with van der Waals surface area (Å²) in [7, 11) is 0. The third kappa shape index (κ3) is 1.40. The average Bonchev–Trinajstić information content (AvgIpc) is 2.97. The van der Waals surface area contributed by atoms with Crippen LogP contribution in [0.4, 0.5) is 5.82 Å². The summed E-state index contributed by atoms with van der Waals surface area (Å²) in [6.07, 6.45) is 3.32. The zero-order chi connectivity index (χ0) is 11.0. The zero-order valence-electron chi connectivity index (χ0n) is 8.20. The number of anilines is 1. The van der Waals surface area contributed by atoms with E-state index in [-0.39, 0.29) is 0 Å². The molecule has 3 rings (SSSR count). The molecule has 3 aromatic heterocycles. The fourth-order valence-corrected chi connectivity index (χ4v) is 2.03. The van der Waals surface area contributed by atoms with Crippen LogP contribution in [-0.4, -0.2) is 14.8 Å². The number of nitrogen functional groups attached to an aromatic ring is 1. The molecule has 16 heavy (non-hydrogen) atoms. The van der Waals surface area contributed by atoms with E-state index in [2.05, 4.69) is 10.1 Å². The zero-order valence-corrected chi connectivity index (χ0v) is 9.02. The molecule has 0 aliphatic carbocycles. The second kappa shape index (κ2) is 3.49. The molecule has 3 heterocycles. The van der Waals surface area contributed by atoms with Crippen molar-refractivity contribution in [2.75, 3.05) is 5.73 Å². The minimum atomic E-state index is 0.543. The van der Waals surface area contributed by atoms with Crippen molar-refractivity contribution in [1.29, 1.82) is 0 Å². The van der Waals surface area contributed by atoms with Gasteiger partial charge < -0.3 is 10.2 Å². The summed E-state index contributed by atoms with van der Waals surface area (Å²) in [6, 6.07) is 5.42. The fourth-order valence-electron chi connectivity index (χ4n) is 1.41. The van der Waals surface area contributed by atoms with E-state index in [4.69, 9.17) is 10.2 Å². The Morgan fingerprint density at radius 1 is 1.44 bits per heavy atom. The number of thiazole rings is 1. The summed E-state index contributed by atoms with van der Waals surface area (Å²) < 4.78 is 6.86. The van der Waals surface area contributed by atoms with E-state index in [9.17, 15) is 0 Å². The maximum absolute atomic E-state index is 5.86. The number of nitrogens with zero attached hydrogens (tertiary/aromatic N) is 3. The molecule has 3 aromatic rings. The third-order valence-corrected chi connectivity index (χ3v) is 2.86. The molecule has 0 atom stereocenters. The molecule has 0 amide bonds. The van der Waals surface area contributed by atoms with Gasteiger partial charge in [-0.05, 0) is 12.1 Å². The van der Waals surface area contributed by atoms with Crippen molar-refractivity contribution < 1.29 is 4.42 Å². The molecule has 0 aromatic carbocycles. The second-order valence-corrected chi connectivity index (χ2v) is 4.03. The van der Waals surface area contributed by atoms with E-state index in [1.807, 2.05) is 17.5 Å². The van der Waals surface area contributed by atoms with Crippen LogP contribution >= 0.6 is 11.3 Å². The van der Waals surface area contributed by atoms with Crippen molar-refractivity contribution >= 4 is 17.2 Å². The molecular formula is C10H8N4OS. The number of nitrogens with two attached hydrogens (primary N) is 1. The van der Waals surface area contributed by atoms with E-state index >= 15 is 0 Å².